The number of carbonyl (C=O) groups excluding carboxylic acids is 1. The van der Waals surface area contributed by atoms with Gasteiger partial charge in [-0.2, -0.15) is 0 Å². The van der Waals surface area contributed by atoms with Crippen molar-refractivity contribution in [3.8, 4) is 0 Å². The number of nitro benzene ring substituents is 1. The number of carbonyl (C=O) groups is 1. The third kappa shape index (κ3) is 3.99. The maximum Gasteiger partial charge on any atom is 0.325 e. The van der Waals surface area contributed by atoms with Crippen molar-refractivity contribution in [3.05, 3.63) is 63.2 Å². The molecule has 3 rings (SSSR count). The molecule has 0 aliphatic carbocycles. The highest BCUT2D eigenvalue weighted by atomic mass is 79.9. The molecule has 1 N–H and O–H groups in total. The van der Waals surface area contributed by atoms with Crippen molar-refractivity contribution in [2.24, 2.45) is 0 Å². The molecule has 0 bridgehead atoms. The van der Waals surface area contributed by atoms with Crippen molar-refractivity contribution < 1.29 is 22.9 Å². The fraction of sp³-hybridized carbons (Fsp3) is 0.118. The van der Waals surface area contributed by atoms with Crippen molar-refractivity contribution >= 4 is 54.2 Å². The number of hydrogen-bond acceptors (Lipinski definition) is 6. The molecule has 0 amide bonds. The summed E-state index contributed by atoms with van der Waals surface area (Å²) >= 11 is 3.27. The number of nitrogens with zero attached hydrogens (tertiary/aromatic N) is 2. The van der Waals surface area contributed by atoms with Crippen LogP contribution in [0.25, 0.3) is 10.9 Å². The van der Waals surface area contributed by atoms with Gasteiger partial charge in [0.2, 0.25) is 0 Å². The average molecular weight is 468 g/mol. The minimum absolute atomic E-state index is 0.126. The summed E-state index contributed by atoms with van der Waals surface area (Å²) in [4.78, 5) is 22.0. The van der Waals surface area contributed by atoms with Crippen LogP contribution < -0.4 is 4.72 Å². The number of benzene rings is 2. The second-order valence-electron chi connectivity index (χ2n) is 5.77. The van der Waals surface area contributed by atoms with Crippen molar-refractivity contribution in [3.63, 3.8) is 0 Å². The van der Waals surface area contributed by atoms with Crippen LogP contribution in [-0.4, -0.2) is 31.0 Å². The van der Waals surface area contributed by atoms with Gasteiger partial charge in [0.15, 0.2) is 0 Å². The number of rotatable bonds is 6. The Balaban J connectivity index is 2.15. The van der Waals surface area contributed by atoms with Gasteiger partial charge in [0, 0.05) is 33.9 Å². The minimum atomic E-state index is -4.09. The van der Waals surface area contributed by atoms with Crippen LogP contribution in [0.5, 0.6) is 0 Å². The lowest BCUT2D eigenvalue weighted by molar-refractivity contribution is -0.384. The van der Waals surface area contributed by atoms with Crippen LogP contribution >= 0.6 is 15.9 Å². The van der Waals surface area contributed by atoms with Crippen LogP contribution in [0, 0.1) is 10.1 Å². The Morgan fingerprint density at radius 3 is 2.68 bits per heavy atom. The number of ether oxygens (including phenoxy) is 1. The highest BCUT2D eigenvalue weighted by Crippen LogP contribution is 2.30. The van der Waals surface area contributed by atoms with Crippen molar-refractivity contribution in [1.29, 1.82) is 0 Å². The van der Waals surface area contributed by atoms with E-state index in [1.807, 2.05) is 0 Å². The second kappa shape index (κ2) is 7.60. The van der Waals surface area contributed by atoms with Gasteiger partial charge < -0.3 is 9.30 Å². The molecule has 1 aromatic heterocycles. The third-order valence-corrected chi connectivity index (χ3v) is 5.83. The Morgan fingerprint density at radius 2 is 2.04 bits per heavy atom. The Morgan fingerprint density at radius 1 is 1.29 bits per heavy atom. The Hall–Kier alpha value is -2.92. The van der Waals surface area contributed by atoms with E-state index in [0.717, 1.165) is 0 Å². The third-order valence-electron chi connectivity index (χ3n) is 3.93. The molecule has 0 unspecified atom stereocenters. The minimum Gasteiger partial charge on any atom is -0.468 e. The molecule has 0 saturated heterocycles. The maximum absolute atomic E-state index is 13.0. The zero-order valence-electron chi connectivity index (χ0n) is 14.5. The van der Waals surface area contributed by atoms with E-state index in [1.165, 1.54) is 36.1 Å². The van der Waals surface area contributed by atoms with Gasteiger partial charge >= 0.3 is 5.97 Å². The zero-order chi connectivity index (χ0) is 20.5. The first-order valence-electron chi connectivity index (χ1n) is 7.84. The Kier molecular flexibility index (Phi) is 5.38. The molecule has 0 saturated carbocycles. The van der Waals surface area contributed by atoms with E-state index in [2.05, 4.69) is 25.4 Å². The lowest BCUT2D eigenvalue weighted by atomic mass is 10.2. The predicted octanol–water partition coefficient (Wildman–Crippen LogP) is 3.29. The average Bonchev–Trinajstić information content (AvgIpc) is 3.00. The molecule has 9 nitrogen and oxygen atoms in total. The molecule has 11 heteroatoms. The summed E-state index contributed by atoms with van der Waals surface area (Å²) < 4.78 is 35.0. The molecule has 0 radical (unpaired) electrons. The van der Waals surface area contributed by atoms with Crippen molar-refractivity contribution in [2.75, 3.05) is 11.8 Å². The van der Waals surface area contributed by atoms with Crippen LogP contribution in [0.3, 0.4) is 0 Å². The summed E-state index contributed by atoms with van der Waals surface area (Å²) in [6, 6.07) is 10.4. The van der Waals surface area contributed by atoms with Gasteiger partial charge in [-0.25, -0.2) is 8.42 Å². The summed E-state index contributed by atoms with van der Waals surface area (Å²) in [6.45, 7) is -0.239. The summed E-state index contributed by atoms with van der Waals surface area (Å²) in [7, 11) is -2.87. The highest BCUT2D eigenvalue weighted by Gasteiger charge is 2.24. The van der Waals surface area contributed by atoms with E-state index >= 15 is 0 Å². The van der Waals surface area contributed by atoms with Gasteiger partial charge in [-0.3, -0.25) is 19.6 Å². The maximum atomic E-state index is 13.0. The number of aromatic nitrogens is 1. The quantitative estimate of drug-likeness (QED) is 0.337. The number of halogens is 1. The lowest BCUT2D eigenvalue weighted by Gasteiger charge is -2.07. The molecule has 0 fully saturated rings. The van der Waals surface area contributed by atoms with E-state index in [9.17, 15) is 23.3 Å². The van der Waals surface area contributed by atoms with Gasteiger partial charge in [-0.05, 0) is 24.3 Å². The molecule has 1 heterocycles. The number of methoxy groups -OCH3 is 1. The number of non-ortho nitro benzene ring substituents is 1. The molecular formula is C17H14BrN3O6S. The molecule has 0 spiro atoms. The number of sulfonamides is 1. The number of hydrogen-bond donors (Lipinski definition) is 1. The normalized spacial score (nSPS) is 11.4. The zero-order valence-corrected chi connectivity index (χ0v) is 16.9. The largest absolute Gasteiger partial charge is 0.468 e. The van der Waals surface area contributed by atoms with E-state index in [4.69, 9.17) is 0 Å². The number of anilines is 1. The lowest BCUT2D eigenvalue weighted by Crippen LogP contribution is -2.13. The van der Waals surface area contributed by atoms with Gasteiger partial charge in [0.1, 0.15) is 11.4 Å². The highest BCUT2D eigenvalue weighted by molar-refractivity contribution is 9.10. The van der Waals surface area contributed by atoms with Crippen molar-refractivity contribution in [1.82, 2.24) is 4.57 Å². The van der Waals surface area contributed by atoms with E-state index in [1.54, 1.807) is 24.3 Å². The molecule has 2 aromatic carbocycles. The fourth-order valence-corrected chi connectivity index (χ4v) is 4.34. The van der Waals surface area contributed by atoms with E-state index in [0.29, 0.717) is 15.7 Å². The van der Waals surface area contributed by atoms with Crippen LogP contribution in [0.1, 0.15) is 0 Å². The summed E-state index contributed by atoms with van der Waals surface area (Å²) in [5.74, 6) is -0.584. The SMILES string of the molecule is COC(=O)Cn1cc(S(=O)(=O)Nc2cccc(Br)c2)c2cc([N+](=O)[O-])ccc21. The summed E-state index contributed by atoms with van der Waals surface area (Å²) in [6.07, 6.45) is 1.26. The molecular weight excluding hydrogens is 454 g/mol. The number of nitro groups is 1. The standard InChI is InChI=1S/C17H14BrN3O6S/c1-27-17(22)10-20-9-16(14-8-13(21(23)24)5-6-15(14)20)28(25,26)19-12-4-2-3-11(18)7-12/h2-9,19H,10H2,1H3. The van der Waals surface area contributed by atoms with Gasteiger partial charge in [0.25, 0.3) is 15.7 Å². The van der Waals surface area contributed by atoms with E-state index in [-0.39, 0.29) is 22.5 Å². The first kappa shape index (κ1) is 19.8. The molecule has 28 heavy (non-hydrogen) atoms. The number of esters is 1. The molecule has 0 atom stereocenters. The summed E-state index contributed by atoms with van der Waals surface area (Å²) in [5, 5.41) is 11.2. The Bertz CT molecular complexity index is 1190. The monoisotopic (exact) mass is 467 g/mol. The molecule has 0 aliphatic rings. The van der Waals surface area contributed by atoms with Gasteiger partial charge in [-0.15, -0.1) is 0 Å². The molecule has 3 aromatic rings. The second-order valence-corrected chi connectivity index (χ2v) is 8.34. The van der Waals surface area contributed by atoms with Crippen molar-refractivity contribution in [2.45, 2.75) is 11.4 Å². The topological polar surface area (TPSA) is 121 Å². The molecule has 146 valence electrons. The fourth-order valence-electron chi connectivity index (χ4n) is 2.68. The molecule has 0 aliphatic heterocycles. The van der Waals surface area contributed by atoms with Crippen LogP contribution in [0.4, 0.5) is 11.4 Å². The van der Waals surface area contributed by atoms with Crippen LogP contribution in [0.15, 0.2) is 58.0 Å². The first-order valence-corrected chi connectivity index (χ1v) is 10.1. The van der Waals surface area contributed by atoms with Crippen LogP contribution in [0.2, 0.25) is 0 Å². The number of fused-ring (bicyclic) bond motifs is 1. The van der Waals surface area contributed by atoms with Crippen LogP contribution in [-0.2, 0) is 26.1 Å². The first-order chi connectivity index (χ1) is 13.2. The van der Waals surface area contributed by atoms with E-state index < -0.39 is 20.9 Å². The van der Waals surface area contributed by atoms with Gasteiger partial charge in [-0.1, -0.05) is 22.0 Å². The predicted molar refractivity (Wildman–Crippen MR) is 106 cm³/mol. The number of nitrogens with one attached hydrogen (secondary N) is 1. The smallest absolute Gasteiger partial charge is 0.325 e. The van der Waals surface area contributed by atoms with Gasteiger partial charge in [0.05, 0.1) is 17.5 Å². The Labute approximate surface area is 168 Å². The summed E-state index contributed by atoms with van der Waals surface area (Å²) in [5.41, 5.74) is 0.404.